The van der Waals surface area contributed by atoms with Crippen LogP contribution in [0.15, 0.2) is 0 Å². The minimum atomic E-state index is -0.708. The molecule has 0 radical (unpaired) electrons. The second-order valence-electron chi connectivity index (χ2n) is 4.30. The van der Waals surface area contributed by atoms with Crippen LogP contribution in [-0.4, -0.2) is 34.7 Å². The van der Waals surface area contributed by atoms with E-state index in [1.54, 1.807) is 0 Å². The molecule has 1 atom stereocenters. The van der Waals surface area contributed by atoms with Gasteiger partial charge in [-0.2, -0.15) is 11.8 Å². The Balaban J connectivity index is 2.28. The Morgan fingerprint density at radius 3 is 2.67 bits per heavy atom. The number of unbranched alkanes of at least 4 members (excludes halogenated alkanes) is 1. The van der Waals surface area contributed by atoms with Crippen LogP contribution in [0.5, 0.6) is 0 Å². The molecular formula is C11H21NO2S. The lowest BCUT2D eigenvalue weighted by Gasteiger charge is -2.18. The van der Waals surface area contributed by atoms with E-state index in [-0.39, 0.29) is 6.04 Å². The number of hydrogen-bond acceptors (Lipinski definition) is 3. The third-order valence-corrected chi connectivity index (χ3v) is 4.47. The summed E-state index contributed by atoms with van der Waals surface area (Å²) in [4.78, 5) is 11.0. The topological polar surface area (TPSA) is 49.3 Å². The lowest BCUT2D eigenvalue weighted by molar-refractivity contribution is -0.139. The number of thioether (sulfide) groups is 1. The lowest BCUT2D eigenvalue weighted by Crippen LogP contribution is -2.40. The molecule has 0 aromatic carbocycles. The highest BCUT2D eigenvalue weighted by atomic mass is 32.2. The summed E-state index contributed by atoms with van der Waals surface area (Å²) in [6.07, 6.45) is 7.34. The molecule has 1 rings (SSSR count). The maximum atomic E-state index is 11.0. The number of carbonyl (C=O) groups is 1. The van der Waals surface area contributed by atoms with Gasteiger partial charge in [-0.05, 0) is 25.5 Å². The van der Waals surface area contributed by atoms with Crippen LogP contribution >= 0.6 is 11.8 Å². The summed E-state index contributed by atoms with van der Waals surface area (Å²) >= 11 is 1.86. The molecule has 3 nitrogen and oxygen atoms in total. The van der Waals surface area contributed by atoms with Crippen molar-refractivity contribution in [2.24, 2.45) is 0 Å². The van der Waals surface area contributed by atoms with Crippen molar-refractivity contribution in [1.29, 1.82) is 0 Å². The van der Waals surface area contributed by atoms with Gasteiger partial charge in [0.15, 0.2) is 0 Å². The molecule has 2 N–H and O–H groups in total. The first kappa shape index (κ1) is 12.8. The Labute approximate surface area is 96.0 Å². The van der Waals surface area contributed by atoms with Crippen LogP contribution in [0, 0.1) is 0 Å². The molecule has 1 unspecified atom stereocenters. The van der Waals surface area contributed by atoms with E-state index in [0.717, 1.165) is 25.8 Å². The van der Waals surface area contributed by atoms with Gasteiger partial charge in [-0.25, -0.2) is 0 Å². The minimum absolute atomic E-state index is 0.347. The Morgan fingerprint density at radius 1 is 1.60 bits per heavy atom. The molecule has 0 aromatic heterocycles. The van der Waals surface area contributed by atoms with Crippen molar-refractivity contribution in [3.8, 4) is 0 Å². The molecule has 88 valence electrons. The van der Waals surface area contributed by atoms with Crippen LogP contribution in [0.2, 0.25) is 0 Å². The second-order valence-corrected chi connectivity index (χ2v) is 5.58. The highest BCUT2D eigenvalue weighted by Gasteiger charge is 2.42. The molecule has 0 bridgehead atoms. The second kappa shape index (κ2) is 5.75. The van der Waals surface area contributed by atoms with Crippen molar-refractivity contribution in [1.82, 2.24) is 5.32 Å². The monoisotopic (exact) mass is 231 g/mol. The van der Waals surface area contributed by atoms with E-state index >= 15 is 0 Å². The Morgan fingerprint density at radius 2 is 2.27 bits per heavy atom. The molecule has 0 aromatic rings. The molecule has 0 spiro atoms. The number of aliphatic carboxylic acids is 1. The molecule has 1 saturated carbocycles. The summed E-state index contributed by atoms with van der Waals surface area (Å²) < 4.78 is 0.347. The summed E-state index contributed by atoms with van der Waals surface area (Å²) in [5, 5.41) is 12.2. The molecule has 15 heavy (non-hydrogen) atoms. The van der Waals surface area contributed by atoms with Crippen molar-refractivity contribution in [3.05, 3.63) is 0 Å². The van der Waals surface area contributed by atoms with E-state index in [9.17, 15) is 4.79 Å². The molecule has 4 heteroatoms. The van der Waals surface area contributed by atoms with Gasteiger partial charge < -0.3 is 10.4 Å². The van der Waals surface area contributed by atoms with Gasteiger partial charge in [-0.1, -0.05) is 19.8 Å². The maximum absolute atomic E-state index is 11.0. The average Bonchev–Trinajstić information content (AvgIpc) is 2.98. The van der Waals surface area contributed by atoms with E-state index in [1.165, 1.54) is 12.8 Å². The van der Waals surface area contributed by atoms with Crippen LogP contribution in [0.3, 0.4) is 0 Å². The van der Waals surface area contributed by atoms with Crippen LogP contribution in [0.4, 0.5) is 0 Å². The number of carboxylic acids is 1. The van der Waals surface area contributed by atoms with Crippen molar-refractivity contribution in [3.63, 3.8) is 0 Å². The summed E-state index contributed by atoms with van der Waals surface area (Å²) in [6.45, 7) is 2.93. The van der Waals surface area contributed by atoms with Gasteiger partial charge in [0.1, 0.15) is 6.04 Å². The molecule has 1 fully saturated rings. The first-order chi connectivity index (χ1) is 7.13. The van der Waals surface area contributed by atoms with Gasteiger partial charge >= 0.3 is 5.97 Å². The van der Waals surface area contributed by atoms with E-state index < -0.39 is 5.97 Å². The van der Waals surface area contributed by atoms with Gasteiger partial charge in [0.2, 0.25) is 0 Å². The van der Waals surface area contributed by atoms with E-state index in [1.807, 2.05) is 11.8 Å². The molecular weight excluding hydrogens is 210 g/mol. The summed E-state index contributed by atoms with van der Waals surface area (Å²) in [6, 6.07) is -0.352. The normalized spacial score (nSPS) is 19.9. The van der Waals surface area contributed by atoms with E-state index in [4.69, 9.17) is 5.11 Å². The zero-order valence-corrected chi connectivity index (χ0v) is 10.4. The predicted molar refractivity (Wildman–Crippen MR) is 64.4 cm³/mol. The van der Waals surface area contributed by atoms with Crippen LogP contribution in [0.25, 0.3) is 0 Å². The SMILES string of the molecule is CCCCC(NCC1(SC)CC1)C(=O)O. The zero-order chi connectivity index (χ0) is 11.3. The van der Waals surface area contributed by atoms with E-state index in [0.29, 0.717) is 4.75 Å². The lowest BCUT2D eigenvalue weighted by atomic mass is 10.1. The third-order valence-electron chi connectivity index (χ3n) is 3.06. The Hall–Kier alpha value is -0.220. The van der Waals surface area contributed by atoms with Crippen molar-refractivity contribution in [2.45, 2.75) is 49.8 Å². The highest BCUT2D eigenvalue weighted by Crippen LogP contribution is 2.46. The smallest absolute Gasteiger partial charge is 0.320 e. The summed E-state index contributed by atoms with van der Waals surface area (Å²) in [5.74, 6) is -0.708. The van der Waals surface area contributed by atoms with Gasteiger partial charge in [-0.3, -0.25) is 4.79 Å². The molecule has 0 saturated heterocycles. The third kappa shape index (κ3) is 4.03. The Kier molecular flexibility index (Phi) is 4.93. The largest absolute Gasteiger partial charge is 0.480 e. The standard InChI is InChI=1S/C11H21NO2S/c1-3-4-5-9(10(13)14)12-8-11(15-2)6-7-11/h9,12H,3-8H2,1-2H3,(H,13,14). The van der Waals surface area contributed by atoms with Crippen LogP contribution in [0.1, 0.15) is 39.0 Å². The maximum Gasteiger partial charge on any atom is 0.320 e. The number of nitrogens with one attached hydrogen (secondary N) is 1. The molecule has 1 aliphatic rings. The quantitative estimate of drug-likeness (QED) is 0.672. The fraction of sp³-hybridized carbons (Fsp3) is 0.909. The van der Waals surface area contributed by atoms with Gasteiger partial charge in [0.05, 0.1) is 0 Å². The number of carboxylic acid groups (broad SMARTS) is 1. The van der Waals surface area contributed by atoms with Crippen molar-refractivity contribution < 1.29 is 9.90 Å². The highest BCUT2D eigenvalue weighted by molar-refractivity contribution is 8.00. The van der Waals surface area contributed by atoms with Crippen molar-refractivity contribution in [2.75, 3.05) is 12.8 Å². The number of rotatable bonds is 8. The average molecular weight is 231 g/mol. The predicted octanol–water partition coefficient (Wildman–Crippen LogP) is 2.11. The molecule has 1 aliphatic carbocycles. The van der Waals surface area contributed by atoms with Crippen molar-refractivity contribution >= 4 is 17.7 Å². The minimum Gasteiger partial charge on any atom is -0.480 e. The zero-order valence-electron chi connectivity index (χ0n) is 9.58. The summed E-state index contributed by atoms with van der Waals surface area (Å²) in [7, 11) is 0. The van der Waals surface area contributed by atoms with Gasteiger partial charge in [-0.15, -0.1) is 0 Å². The number of hydrogen-bond donors (Lipinski definition) is 2. The van der Waals surface area contributed by atoms with Gasteiger partial charge in [0.25, 0.3) is 0 Å². The molecule has 0 amide bonds. The molecule has 0 aliphatic heterocycles. The van der Waals surface area contributed by atoms with Crippen LogP contribution in [-0.2, 0) is 4.79 Å². The molecule has 0 heterocycles. The first-order valence-corrected chi connectivity index (χ1v) is 6.87. The fourth-order valence-corrected chi connectivity index (χ4v) is 2.36. The summed E-state index contributed by atoms with van der Waals surface area (Å²) in [5.41, 5.74) is 0. The van der Waals surface area contributed by atoms with E-state index in [2.05, 4.69) is 18.5 Å². The van der Waals surface area contributed by atoms with Crippen LogP contribution < -0.4 is 5.32 Å². The fourth-order valence-electron chi connectivity index (χ4n) is 1.62. The first-order valence-electron chi connectivity index (χ1n) is 5.65. The Bertz CT molecular complexity index is 217. The van der Waals surface area contributed by atoms with Gasteiger partial charge in [0, 0.05) is 11.3 Å².